The Morgan fingerprint density at radius 3 is 2.36 bits per heavy atom. The highest BCUT2D eigenvalue weighted by atomic mass is 16.6. The van der Waals surface area contributed by atoms with E-state index in [0.717, 1.165) is 12.8 Å². The number of ether oxygens (including phenoxy) is 2. The molecule has 0 bridgehead atoms. The second-order valence-corrected chi connectivity index (χ2v) is 5.71. The maximum absolute atomic E-state index is 12.4. The number of fused-ring (bicyclic) bond motifs is 2. The van der Waals surface area contributed by atoms with Crippen molar-refractivity contribution in [2.75, 3.05) is 13.2 Å². The Balaban J connectivity index is 1.47. The summed E-state index contributed by atoms with van der Waals surface area (Å²) in [5.74, 6) is 1.29. The molecule has 0 radical (unpaired) electrons. The van der Waals surface area contributed by atoms with E-state index in [-0.39, 0.29) is 11.9 Å². The van der Waals surface area contributed by atoms with Gasteiger partial charge in [-0.05, 0) is 42.2 Å². The molecule has 1 heterocycles. The minimum Gasteiger partial charge on any atom is -0.486 e. The summed E-state index contributed by atoms with van der Waals surface area (Å²) in [4.78, 5) is 12.4. The third kappa shape index (κ3) is 2.41. The normalized spacial score (nSPS) is 16.2. The van der Waals surface area contributed by atoms with Crippen LogP contribution in [0.5, 0.6) is 11.5 Å². The molecule has 22 heavy (non-hydrogen) atoms. The summed E-state index contributed by atoms with van der Waals surface area (Å²) >= 11 is 0. The topological polar surface area (TPSA) is 47.6 Å². The molecule has 4 nitrogen and oxygen atoms in total. The molecule has 2 aromatic carbocycles. The number of amides is 1. The summed E-state index contributed by atoms with van der Waals surface area (Å²) in [6.07, 6.45) is 1.79. The Bertz CT molecular complexity index is 701. The number of carbonyl (C=O) groups is 1. The summed E-state index contributed by atoms with van der Waals surface area (Å²) in [6.45, 7) is 1.08. The zero-order valence-corrected chi connectivity index (χ0v) is 12.2. The van der Waals surface area contributed by atoms with Gasteiger partial charge >= 0.3 is 0 Å². The van der Waals surface area contributed by atoms with Crippen LogP contribution in [0.1, 0.15) is 21.5 Å². The highest BCUT2D eigenvalue weighted by molar-refractivity contribution is 5.95. The summed E-state index contributed by atoms with van der Waals surface area (Å²) in [7, 11) is 0. The molecular formula is C18H17NO3. The van der Waals surface area contributed by atoms with Crippen molar-refractivity contribution in [2.45, 2.75) is 18.9 Å². The number of rotatable bonds is 2. The van der Waals surface area contributed by atoms with Crippen LogP contribution >= 0.6 is 0 Å². The average molecular weight is 295 g/mol. The van der Waals surface area contributed by atoms with Crippen molar-refractivity contribution >= 4 is 5.91 Å². The molecule has 0 spiro atoms. The molecule has 1 N–H and O–H groups in total. The number of hydrogen-bond donors (Lipinski definition) is 1. The van der Waals surface area contributed by atoms with E-state index in [0.29, 0.717) is 30.3 Å². The molecule has 1 aliphatic heterocycles. The highest BCUT2D eigenvalue weighted by Gasteiger charge is 2.23. The second kappa shape index (κ2) is 5.37. The Morgan fingerprint density at radius 2 is 1.64 bits per heavy atom. The fourth-order valence-corrected chi connectivity index (χ4v) is 3.11. The molecule has 2 aliphatic rings. The van der Waals surface area contributed by atoms with E-state index in [1.165, 1.54) is 11.1 Å². The lowest BCUT2D eigenvalue weighted by Gasteiger charge is -2.19. The molecule has 0 aromatic heterocycles. The Kier molecular flexibility index (Phi) is 3.22. The molecule has 2 aromatic rings. The number of nitrogens with one attached hydrogen (secondary N) is 1. The van der Waals surface area contributed by atoms with Crippen molar-refractivity contribution < 1.29 is 14.3 Å². The van der Waals surface area contributed by atoms with Gasteiger partial charge in [0, 0.05) is 11.6 Å². The van der Waals surface area contributed by atoms with Gasteiger partial charge in [0.1, 0.15) is 13.2 Å². The van der Waals surface area contributed by atoms with Crippen LogP contribution in [0.15, 0.2) is 42.5 Å². The van der Waals surface area contributed by atoms with Gasteiger partial charge in [0.2, 0.25) is 0 Å². The van der Waals surface area contributed by atoms with E-state index in [2.05, 4.69) is 17.4 Å². The predicted octanol–water partition coefficient (Wildman–Crippen LogP) is 2.36. The lowest BCUT2D eigenvalue weighted by Crippen LogP contribution is -2.35. The largest absolute Gasteiger partial charge is 0.486 e. The Hall–Kier alpha value is -2.49. The van der Waals surface area contributed by atoms with Crippen molar-refractivity contribution in [3.05, 3.63) is 59.2 Å². The third-order valence-corrected chi connectivity index (χ3v) is 4.19. The van der Waals surface area contributed by atoms with Crippen LogP contribution in [0.4, 0.5) is 0 Å². The molecule has 0 saturated carbocycles. The minimum absolute atomic E-state index is 0.0604. The maximum atomic E-state index is 12.4. The molecule has 0 saturated heterocycles. The van der Waals surface area contributed by atoms with Gasteiger partial charge in [-0.3, -0.25) is 4.79 Å². The SMILES string of the molecule is O=C(NC1Cc2ccccc2C1)c1ccc2c(c1)OCCO2. The van der Waals surface area contributed by atoms with Crippen LogP contribution in [0.25, 0.3) is 0 Å². The third-order valence-electron chi connectivity index (χ3n) is 4.19. The zero-order valence-electron chi connectivity index (χ0n) is 12.2. The second-order valence-electron chi connectivity index (χ2n) is 5.71. The first-order chi connectivity index (χ1) is 10.8. The van der Waals surface area contributed by atoms with E-state index < -0.39 is 0 Å². The van der Waals surface area contributed by atoms with Crippen LogP contribution in [-0.2, 0) is 12.8 Å². The molecule has 0 fully saturated rings. The van der Waals surface area contributed by atoms with Gasteiger partial charge in [0.05, 0.1) is 0 Å². The van der Waals surface area contributed by atoms with E-state index in [1.54, 1.807) is 18.2 Å². The van der Waals surface area contributed by atoms with Crippen molar-refractivity contribution in [1.29, 1.82) is 0 Å². The van der Waals surface area contributed by atoms with Crippen molar-refractivity contribution in [3.63, 3.8) is 0 Å². The van der Waals surface area contributed by atoms with Crippen molar-refractivity contribution in [2.24, 2.45) is 0 Å². The maximum Gasteiger partial charge on any atom is 0.251 e. The lowest BCUT2D eigenvalue weighted by molar-refractivity contribution is 0.0937. The average Bonchev–Trinajstić information content (AvgIpc) is 2.96. The lowest BCUT2D eigenvalue weighted by atomic mass is 10.1. The summed E-state index contributed by atoms with van der Waals surface area (Å²) in [5, 5.41) is 3.11. The standard InChI is InChI=1S/C18H17NO3/c20-18(14-5-6-16-17(11-14)22-8-7-21-16)19-15-9-12-3-1-2-4-13(12)10-15/h1-6,11,15H,7-10H2,(H,19,20). The predicted molar refractivity (Wildman–Crippen MR) is 82.5 cm³/mol. The molecule has 112 valence electrons. The summed E-state index contributed by atoms with van der Waals surface area (Å²) in [6, 6.07) is 13.9. The summed E-state index contributed by atoms with van der Waals surface area (Å²) in [5.41, 5.74) is 3.27. The molecule has 1 aliphatic carbocycles. The molecule has 0 unspecified atom stereocenters. The first kappa shape index (κ1) is 13.2. The zero-order chi connectivity index (χ0) is 14.9. The number of carbonyl (C=O) groups excluding carboxylic acids is 1. The van der Waals surface area contributed by atoms with Crippen molar-refractivity contribution in [1.82, 2.24) is 5.32 Å². The summed E-state index contributed by atoms with van der Waals surface area (Å²) < 4.78 is 11.0. The number of benzene rings is 2. The van der Waals surface area contributed by atoms with Crippen LogP contribution in [-0.4, -0.2) is 25.2 Å². The van der Waals surface area contributed by atoms with Crippen molar-refractivity contribution in [3.8, 4) is 11.5 Å². The monoisotopic (exact) mass is 295 g/mol. The minimum atomic E-state index is -0.0604. The molecule has 1 amide bonds. The fraction of sp³-hybridized carbons (Fsp3) is 0.278. The Labute approximate surface area is 129 Å². The molecule has 0 atom stereocenters. The van der Waals surface area contributed by atoms with Gasteiger partial charge in [-0.15, -0.1) is 0 Å². The molecule has 4 heteroatoms. The van der Waals surface area contributed by atoms with Gasteiger partial charge in [-0.1, -0.05) is 24.3 Å². The smallest absolute Gasteiger partial charge is 0.251 e. The van der Waals surface area contributed by atoms with E-state index in [4.69, 9.17) is 9.47 Å². The van der Waals surface area contributed by atoms with Gasteiger partial charge in [-0.2, -0.15) is 0 Å². The van der Waals surface area contributed by atoms with E-state index >= 15 is 0 Å². The molecule has 4 rings (SSSR count). The van der Waals surface area contributed by atoms with E-state index in [9.17, 15) is 4.79 Å². The van der Waals surface area contributed by atoms with Crippen LogP contribution < -0.4 is 14.8 Å². The number of hydrogen-bond acceptors (Lipinski definition) is 3. The quantitative estimate of drug-likeness (QED) is 0.925. The van der Waals surface area contributed by atoms with Crippen LogP contribution in [0.2, 0.25) is 0 Å². The first-order valence-electron chi connectivity index (χ1n) is 7.57. The Morgan fingerprint density at radius 1 is 0.955 bits per heavy atom. The van der Waals surface area contributed by atoms with Gasteiger partial charge in [0.15, 0.2) is 11.5 Å². The first-order valence-corrected chi connectivity index (χ1v) is 7.57. The van der Waals surface area contributed by atoms with Gasteiger partial charge < -0.3 is 14.8 Å². The van der Waals surface area contributed by atoms with Gasteiger partial charge in [-0.25, -0.2) is 0 Å². The van der Waals surface area contributed by atoms with Crippen LogP contribution in [0, 0.1) is 0 Å². The van der Waals surface area contributed by atoms with E-state index in [1.807, 2.05) is 12.1 Å². The fourth-order valence-electron chi connectivity index (χ4n) is 3.11. The van der Waals surface area contributed by atoms with Crippen LogP contribution in [0.3, 0.4) is 0 Å². The van der Waals surface area contributed by atoms with Gasteiger partial charge in [0.25, 0.3) is 5.91 Å². The highest BCUT2D eigenvalue weighted by Crippen LogP contribution is 2.31. The molecular weight excluding hydrogens is 278 g/mol.